The second kappa shape index (κ2) is 5.94. The minimum atomic E-state index is -4.98. The van der Waals surface area contributed by atoms with E-state index in [2.05, 4.69) is 4.18 Å². The number of rotatable bonds is 5. The first-order valence-corrected chi connectivity index (χ1v) is 7.59. The average molecular weight is 322 g/mol. The molecule has 11 nitrogen and oxygen atoms in total. The van der Waals surface area contributed by atoms with Crippen molar-refractivity contribution in [1.82, 2.24) is 4.72 Å². The Morgan fingerprint density at radius 2 is 1.84 bits per heavy atom. The molecule has 1 fully saturated rings. The lowest BCUT2D eigenvalue weighted by Crippen LogP contribution is -2.60. The number of aliphatic hydroxyl groups excluding tert-OH is 2. The third kappa shape index (κ3) is 5.64. The van der Waals surface area contributed by atoms with Gasteiger partial charge >= 0.3 is 10.3 Å². The van der Waals surface area contributed by atoms with Gasteiger partial charge in [-0.1, -0.05) is 0 Å². The second-order valence-electron chi connectivity index (χ2n) is 3.75. The van der Waals surface area contributed by atoms with Gasteiger partial charge in [0.2, 0.25) is 10.4 Å². The Morgan fingerprint density at radius 3 is 2.32 bits per heavy atom. The van der Waals surface area contributed by atoms with Gasteiger partial charge in [-0.15, -0.1) is 0 Å². The smallest absolute Gasteiger partial charge is 0.333 e. The van der Waals surface area contributed by atoms with Gasteiger partial charge in [-0.3, -0.25) is 8.74 Å². The van der Waals surface area contributed by atoms with Gasteiger partial charge in [-0.2, -0.15) is 13.1 Å². The standard InChI is InChI=1S/C6H13NO10S2/c8-5-3(7-18(10,11)12)1-16-4(6(5)9)2-17-19(13,14)15/h3-9H,1-2H2,(H,10,11,12)(H,13,14,15)/p-1/t3?,4?,5-,6+/m0/s1. The van der Waals surface area contributed by atoms with Crippen LogP contribution in [-0.2, 0) is 29.6 Å². The summed E-state index contributed by atoms with van der Waals surface area (Å²) in [5, 5.41) is 19.1. The van der Waals surface area contributed by atoms with Crippen molar-refractivity contribution < 1.29 is 45.1 Å². The summed E-state index contributed by atoms with van der Waals surface area (Å²) in [6.45, 7) is -1.30. The van der Waals surface area contributed by atoms with Gasteiger partial charge in [-0.05, 0) is 0 Å². The number of ether oxygens (including phenoxy) is 1. The Hall–Kier alpha value is -0.380. The first kappa shape index (κ1) is 16.7. The molecule has 1 rings (SSSR count). The molecule has 0 aliphatic carbocycles. The van der Waals surface area contributed by atoms with E-state index in [4.69, 9.17) is 9.29 Å². The zero-order valence-corrected chi connectivity index (χ0v) is 10.9. The van der Waals surface area contributed by atoms with E-state index in [1.807, 2.05) is 0 Å². The van der Waals surface area contributed by atoms with Crippen LogP contribution in [0, 0.1) is 0 Å². The summed E-state index contributed by atoms with van der Waals surface area (Å²) in [6.07, 6.45) is -4.73. The number of hydrogen-bond donors (Lipinski definition) is 4. The van der Waals surface area contributed by atoms with Gasteiger partial charge < -0.3 is 19.5 Å². The highest BCUT2D eigenvalue weighted by molar-refractivity contribution is 7.83. The van der Waals surface area contributed by atoms with Crippen molar-refractivity contribution in [3.63, 3.8) is 0 Å². The molecule has 1 aliphatic heterocycles. The lowest BCUT2D eigenvalue weighted by Gasteiger charge is -2.37. The summed E-state index contributed by atoms with van der Waals surface area (Å²) >= 11 is 0. The molecule has 13 heteroatoms. The van der Waals surface area contributed by atoms with Crippen molar-refractivity contribution in [1.29, 1.82) is 0 Å². The monoisotopic (exact) mass is 322 g/mol. The molecule has 19 heavy (non-hydrogen) atoms. The highest BCUT2D eigenvalue weighted by Gasteiger charge is 2.40. The summed E-state index contributed by atoms with van der Waals surface area (Å²) in [6, 6.07) is -1.33. The van der Waals surface area contributed by atoms with Gasteiger partial charge in [-0.25, -0.2) is 8.42 Å². The zero-order valence-electron chi connectivity index (χ0n) is 9.24. The predicted octanol–water partition coefficient (Wildman–Crippen LogP) is -3.66. The third-order valence-electron chi connectivity index (χ3n) is 2.31. The largest absolute Gasteiger partial charge is 0.726 e. The Balaban J connectivity index is 2.62. The summed E-state index contributed by atoms with van der Waals surface area (Å²) in [5.41, 5.74) is 0. The van der Waals surface area contributed by atoms with Crippen LogP contribution in [0.15, 0.2) is 0 Å². The average Bonchev–Trinajstić information content (AvgIpc) is 2.21. The van der Waals surface area contributed by atoms with Gasteiger partial charge in [0.15, 0.2) is 0 Å². The summed E-state index contributed by atoms with van der Waals surface area (Å²) in [5.74, 6) is 0. The van der Waals surface area contributed by atoms with E-state index in [9.17, 15) is 31.6 Å². The molecule has 0 saturated carbocycles. The molecule has 0 aromatic carbocycles. The molecule has 1 aliphatic rings. The minimum absolute atomic E-state index is 0.467. The van der Waals surface area contributed by atoms with E-state index in [-0.39, 0.29) is 0 Å². The summed E-state index contributed by atoms with van der Waals surface area (Å²) < 4.78 is 70.5. The van der Waals surface area contributed by atoms with Crippen LogP contribution in [0.3, 0.4) is 0 Å². The molecule has 1 heterocycles. The highest BCUT2D eigenvalue weighted by Crippen LogP contribution is 2.17. The van der Waals surface area contributed by atoms with Crippen molar-refractivity contribution in [3.05, 3.63) is 0 Å². The van der Waals surface area contributed by atoms with Crippen molar-refractivity contribution >= 4 is 20.7 Å². The maximum absolute atomic E-state index is 10.5. The fourth-order valence-corrected chi connectivity index (χ4v) is 2.37. The van der Waals surface area contributed by atoms with E-state index in [0.717, 1.165) is 0 Å². The van der Waals surface area contributed by atoms with Crippen molar-refractivity contribution in [2.24, 2.45) is 0 Å². The molecule has 4 atom stereocenters. The molecule has 0 radical (unpaired) electrons. The summed E-state index contributed by atoms with van der Waals surface area (Å²) in [4.78, 5) is 0. The molecule has 0 amide bonds. The van der Waals surface area contributed by atoms with E-state index >= 15 is 0 Å². The molecule has 0 bridgehead atoms. The fraction of sp³-hybridized carbons (Fsp3) is 1.00. The second-order valence-corrected chi connectivity index (χ2v) is 5.98. The minimum Gasteiger partial charge on any atom is -0.726 e. The normalized spacial score (nSPS) is 33.3. The molecular weight excluding hydrogens is 310 g/mol. The zero-order chi connectivity index (χ0) is 14.8. The van der Waals surface area contributed by atoms with Crippen molar-refractivity contribution in [2.75, 3.05) is 13.2 Å². The van der Waals surface area contributed by atoms with Gasteiger partial charge in [0.1, 0.15) is 18.3 Å². The Labute approximate surface area is 109 Å². The molecule has 1 saturated heterocycles. The lowest BCUT2D eigenvalue weighted by molar-refractivity contribution is -0.156. The van der Waals surface area contributed by atoms with Gasteiger partial charge in [0, 0.05) is 0 Å². The molecule has 0 aromatic heterocycles. The Morgan fingerprint density at radius 1 is 1.26 bits per heavy atom. The lowest BCUT2D eigenvalue weighted by atomic mass is 9.99. The molecule has 4 N–H and O–H groups in total. The molecular formula is C6H12NO10S2-. The van der Waals surface area contributed by atoms with E-state index in [1.165, 1.54) is 0 Å². The van der Waals surface area contributed by atoms with Crippen LogP contribution in [-0.4, -0.2) is 73.7 Å². The maximum Gasteiger partial charge on any atom is 0.333 e. The van der Waals surface area contributed by atoms with Crippen LogP contribution in [0.5, 0.6) is 0 Å². The van der Waals surface area contributed by atoms with Crippen LogP contribution < -0.4 is 4.72 Å². The SMILES string of the molecule is O=S(=O)(O)NC1COC(COS(=O)(=O)[O-])[C@@H](O)[C@H]1O. The van der Waals surface area contributed by atoms with Crippen LogP contribution >= 0.6 is 0 Å². The van der Waals surface area contributed by atoms with E-state index in [0.29, 0.717) is 0 Å². The molecule has 114 valence electrons. The maximum atomic E-state index is 10.5. The predicted molar refractivity (Wildman–Crippen MR) is 55.9 cm³/mol. The van der Waals surface area contributed by atoms with Gasteiger partial charge in [0.25, 0.3) is 0 Å². The van der Waals surface area contributed by atoms with Crippen LogP contribution in [0.1, 0.15) is 0 Å². The number of aliphatic hydroxyl groups is 2. The Kier molecular flexibility index (Phi) is 5.21. The topological polar surface area (TPSA) is 183 Å². The first-order chi connectivity index (χ1) is 8.49. The quantitative estimate of drug-likeness (QED) is 0.291. The fourth-order valence-electron chi connectivity index (χ4n) is 1.47. The molecule has 0 spiro atoms. The van der Waals surface area contributed by atoms with Crippen molar-refractivity contribution in [2.45, 2.75) is 24.4 Å². The number of hydrogen-bond acceptors (Lipinski definition) is 9. The Bertz CT molecular complexity index is 498. The van der Waals surface area contributed by atoms with Crippen LogP contribution in [0.25, 0.3) is 0 Å². The highest BCUT2D eigenvalue weighted by atomic mass is 32.3. The number of nitrogens with one attached hydrogen (secondary N) is 1. The molecule has 2 unspecified atom stereocenters. The first-order valence-electron chi connectivity index (χ1n) is 4.82. The third-order valence-corrected chi connectivity index (χ3v) is 3.34. The van der Waals surface area contributed by atoms with E-state index < -0.39 is 58.3 Å². The van der Waals surface area contributed by atoms with E-state index in [1.54, 1.807) is 4.72 Å². The van der Waals surface area contributed by atoms with Gasteiger partial charge in [0.05, 0.1) is 19.3 Å². The van der Waals surface area contributed by atoms with Crippen molar-refractivity contribution in [3.8, 4) is 0 Å². The van der Waals surface area contributed by atoms with Crippen LogP contribution in [0.4, 0.5) is 0 Å². The summed E-state index contributed by atoms with van der Waals surface area (Å²) in [7, 11) is -9.59. The molecule has 0 aromatic rings. The van der Waals surface area contributed by atoms with Crippen LogP contribution in [0.2, 0.25) is 0 Å².